The quantitative estimate of drug-likeness (QED) is 0.476. The fourth-order valence-electron chi connectivity index (χ4n) is 1.29. The minimum absolute atomic E-state index is 0.399. The number of nitrogens with zero attached hydrogens (tertiary/aromatic N) is 3. The lowest BCUT2D eigenvalue weighted by Gasteiger charge is -2.03. The molecule has 0 aliphatic rings. The molecule has 88 valence electrons. The van der Waals surface area contributed by atoms with Gasteiger partial charge in [0, 0.05) is 23.9 Å². The fourth-order valence-corrected chi connectivity index (χ4v) is 1.66. The number of hydrogen-bond acceptors (Lipinski definition) is 5. The van der Waals surface area contributed by atoms with Gasteiger partial charge in [-0.15, -0.1) is 0 Å². The Morgan fingerprint density at radius 2 is 2.12 bits per heavy atom. The number of hydrogen-bond donors (Lipinski definition) is 0. The van der Waals surface area contributed by atoms with Crippen LogP contribution in [-0.4, -0.2) is 28.3 Å². The van der Waals surface area contributed by atoms with E-state index in [2.05, 4.69) is 15.0 Å². The van der Waals surface area contributed by atoms with Crippen molar-refractivity contribution >= 4 is 11.8 Å². The summed E-state index contributed by atoms with van der Waals surface area (Å²) >= 11 is 1.29. The fraction of sp³-hybridized carbons (Fsp3) is 0.182. The third-order valence-electron chi connectivity index (χ3n) is 2.10. The van der Waals surface area contributed by atoms with Crippen LogP contribution in [0.25, 0.3) is 11.3 Å². The molecular weight excluding hydrogens is 241 g/mol. The van der Waals surface area contributed by atoms with E-state index in [0.29, 0.717) is 16.7 Å². The zero-order chi connectivity index (χ0) is 12.3. The normalized spacial score (nSPS) is 10.3. The first kappa shape index (κ1) is 11.8. The predicted molar refractivity (Wildman–Crippen MR) is 63.6 cm³/mol. The molecule has 0 N–H and O–H groups in total. The van der Waals surface area contributed by atoms with Crippen molar-refractivity contribution in [2.24, 2.45) is 0 Å². The van der Waals surface area contributed by atoms with E-state index in [9.17, 15) is 4.39 Å². The van der Waals surface area contributed by atoms with Crippen molar-refractivity contribution < 1.29 is 9.13 Å². The first-order valence-corrected chi connectivity index (χ1v) is 6.04. The van der Waals surface area contributed by atoms with Crippen molar-refractivity contribution in [3.63, 3.8) is 0 Å². The van der Waals surface area contributed by atoms with Gasteiger partial charge in [0.1, 0.15) is 0 Å². The highest BCUT2D eigenvalue weighted by Gasteiger charge is 2.06. The molecule has 0 aliphatic heterocycles. The van der Waals surface area contributed by atoms with Gasteiger partial charge in [0.25, 0.3) is 0 Å². The van der Waals surface area contributed by atoms with E-state index in [1.54, 1.807) is 24.6 Å². The first-order valence-electron chi connectivity index (χ1n) is 4.82. The molecule has 2 aromatic heterocycles. The average molecular weight is 251 g/mol. The van der Waals surface area contributed by atoms with Gasteiger partial charge in [-0.3, -0.25) is 0 Å². The molecule has 0 fully saturated rings. The van der Waals surface area contributed by atoms with Crippen molar-refractivity contribution in [1.82, 2.24) is 15.0 Å². The minimum atomic E-state index is -0.546. The van der Waals surface area contributed by atoms with Gasteiger partial charge in [-0.1, -0.05) is 11.8 Å². The van der Waals surface area contributed by atoms with Crippen LogP contribution in [0.2, 0.25) is 0 Å². The van der Waals surface area contributed by atoms with E-state index >= 15 is 0 Å². The maximum atomic E-state index is 13.2. The van der Waals surface area contributed by atoms with Gasteiger partial charge in [0.15, 0.2) is 5.16 Å². The molecule has 0 bridgehead atoms. The number of methoxy groups -OCH3 is 1. The summed E-state index contributed by atoms with van der Waals surface area (Å²) in [6, 6.07) is 4.76. The molecule has 0 radical (unpaired) electrons. The van der Waals surface area contributed by atoms with Crippen LogP contribution in [0.4, 0.5) is 4.39 Å². The Kier molecular flexibility index (Phi) is 3.53. The van der Waals surface area contributed by atoms with E-state index in [1.807, 2.05) is 0 Å². The Morgan fingerprint density at radius 1 is 1.29 bits per heavy atom. The summed E-state index contributed by atoms with van der Waals surface area (Å²) in [6.45, 7) is 0. The van der Waals surface area contributed by atoms with E-state index in [1.165, 1.54) is 24.9 Å². The maximum Gasteiger partial charge on any atom is 0.217 e. The monoisotopic (exact) mass is 251 g/mol. The van der Waals surface area contributed by atoms with E-state index in [0.717, 1.165) is 5.56 Å². The van der Waals surface area contributed by atoms with Crippen LogP contribution < -0.4 is 4.74 Å². The zero-order valence-electron chi connectivity index (χ0n) is 9.35. The Bertz CT molecular complexity index is 519. The van der Waals surface area contributed by atoms with Crippen molar-refractivity contribution in [1.29, 1.82) is 0 Å². The smallest absolute Gasteiger partial charge is 0.217 e. The average Bonchev–Trinajstić information content (AvgIpc) is 2.38. The highest BCUT2D eigenvalue weighted by molar-refractivity contribution is 7.98. The molecule has 2 rings (SSSR count). The van der Waals surface area contributed by atoms with Crippen LogP contribution in [0.15, 0.2) is 29.6 Å². The van der Waals surface area contributed by atoms with Gasteiger partial charge >= 0.3 is 0 Å². The lowest BCUT2D eigenvalue weighted by molar-refractivity contribution is 0.398. The van der Waals surface area contributed by atoms with Crippen molar-refractivity contribution in [3.8, 4) is 17.1 Å². The van der Waals surface area contributed by atoms with Gasteiger partial charge in [-0.2, -0.15) is 9.37 Å². The van der Waals surface area contributed by atoms with Crippen LogP contribution >= 0.6 is 11.8 Å². The predicted octanol–water partition coefficient (Wildman–Crippen LogP) is 2.41. The number of aromatic nitrogens is 3. The summed E-state index contributed by atoms with van der Waals surface area (Å²) in [6.07, 6.45) is 3.38. The summed E-state index contributed by atoms with van der Waals surface area (Å²) in [5.74, 6) is -0.0384. The van der Waals surface area contributed by atoms with E-state index in [-0.39, 0.29) is 0 Å². The summed E-state index contributed by atoms with van der Waals surface area (Å²) in [7, 11) is 1.54. The SMILES string of the molecule is COc1ccc(-c2cc(F)nc(SC)n2)cn1. The number of halogens is 1. The van der Waals surface area contributed by atoms with Gasteiger partial charge < -0.3 is 4.74 Å². The van der Waals surface area contributed by atoms with Gasteiger partial charge in [-0.25, -0.2) is 9.97 Å². The molecule has 4 nitrogen and oxygen atoms in total. The van der Waals surface area contributed by atoms with Crippen LogP contribution in [-0.2, 0) is 0 Å². The molecule has 0 unspecified atom stereocenters. The molecule has 2 aromatic rings. The van der Waals surface area contributed by atoms with Crippen LogP contribution in [0.5, 0.6) is 5.88 Å². The van der Waals surface area contributed by atoms with Gasteiger partial charge in [0.05, 0.1) is 12.8 Å². The number of rotatable bonds is 3. The summed E-state index contributed by atoms with van der Waals surface area (Å²) in [5, 5.41) is 0.399. The molecule has 2 heterocycles. The minimum Gasteiger partial charge on any atom is -0.481 e. The van der Waals surface area contributed by atoms with Gasteiger partial charge in [-0.05, 0) is 12.3 Å². The van der Waals surface area contributed by atoms with Crippen LogP contribution in [0.1, 0.15) is 0 Å². The molecule has 6 heteroatoms. The van der Waals surface area contributed by atoms with E-state index in [4.69, 9.17) is 4.74 Å². The van der Waals surface area contributed by atoms with Crippen LogP contribution in [0.3, 0.4) is 0 Å². The van der Waals surface area contributed by atoms with Crippen molar-refractivity contribution in [3.05, 3.63) is 30.3 Å². The second-order valence-corrected chi connectivity index (χ2v) is 3.93. The zero-order valence-corrected chi connectivity index (χ0v) is 10.2. The highest BCUT2D eigenvalue weighted by Crippen LogP contribution is 2.21. The molecule has 0 aromatic carbocycles. The third kappa shape index (κ3) is 2.71. The second kappa shape index (κ2) is 5.09. The highest BCUT2D eigenvalue weighted by atomic mass is 32.2. The Hall–Kier alpha value is -1.69. The first-order chi connectivity index (χ1) is 8.22. The molecular formula is C11H10FN3OS. The summed E-state index contributed by atoms with van der Waals surface area (Å²) in [5.41, 5.74) is 1.24. The molecule has 0 saturated carbocycles. The second-order valence-electron chi connectivity index (χ2n) is 3.15. The molecule has 0 saturated heterocycles. The Morgan fingerprint density at radius 3 is 2.71 bits per heavy atom. The molecule has 0 aliphatic carbocycles. The lowest BCUT2D eigenvalue weighted by Crippen LogP contribution is -1.94. The van der Waals surface area contributed by atoms with E-state index < -0.39 is 5.95 Å². The Balaban J connectivity index is 2.41. The topological polar surface area (TPSA) is 47.9 Å². The number of ether oxygens (including phenoxy) is 1. The lowest BCUT2D eigenvalue weighted by atomic mass is 10.2. The third-order valence-corrected chi connectivity index (χ3v) is 2.65. The summed E-state index contributed by atoms with van der Waals surface area (Å²) < 4.78 is 18.2. The number of thioether (sulfide) groups is 1. The molecule has 0 atom stereocenters. The van der Waals surface area contributed by atoms with Crippen LogP contribution in [0, 0.1) is 5.95 Å². The molecule has 17 heavy (non-hydrogen) atoms. The standard InChI is InChI=1S/C11H10FN3OS/c1-16-10-4-3-7(6-13-10)8-5-9(12)15-11(14-8)17-2/h3-6H,1-2H3. The van der Waals surface area contributed by atoms with Crippen molar-refractivity contribution in [2.75, 3.05) is 13.4 Å². The maximum absolute atomic E-state index is 13.2. The Labute approximate surface area is 102 Å². The largest absolute Gasteiger partial charge is 0.481 e. The number of pyridine rings is 1. The summed E-state index contributed by atoms with van der Waals surface area (Å²) in [4.78, 5) is 11.9. The molecule has 0 spiro atoms. The molecule has 0 amide bonds. The van der Waals surface area contributed by atoms with Crippen molar-refractivity contribution in [2.45, 2.75) is 5.16 Å². The van der Waals surface area contributed by atoms with Gasteiger partial charge in [0.2, 0.25) is 11.8 Å².